The van der Waals surface area contributed by atoms with E-state index in [0.29, 0.717) is 23.0 Å². The Morgan fingerprint density at radius 3 is 2.67 bits per heavy atom. The Hall–Kier alpha value is -3.41. The fourth-order valence-corrected chi connectivity index (χ4v) is 3.34. The number of amides is 1. The van der Waals surface area contributed by atoms with Gasteiger partial charge in [-0.3, -0.25) is 9.48 Å². The van der Waals surface area contributed by atoms with Gasteiger partial charge < -0.3 is 9.32 Å². The van der Waals surface area contributed by atoms with Crippen molar-refractivity contribution in [2.75, 3.05) is 11.4 Å². The number of benzene rings is 2. The lowest BCUT2D eigenvalue weighted by molar-refractivity contribution is -0.119. The fraction of sp³-hybridized carbons (Fsp3) is 0.190. The number of aromatic nitrogens is 2. The van der Waals surface area contributed by atoms with E-state index in [1.54, 1.807) is 15.6 Å². The second-order valence-corrected chi connectivity index (χ2v) is 6.43. The molecule has 0 N–H and O–H groups in total. The van der Waals surface area contributed by atoms with Gasteiger partial charge in [-0.1, -0.05) is 29.8 Å². The third kappa shape index (κ3) is 2.99. The first kappa shape index (κ1) is 17.0. The van der Waals surface area contributed by atoms with Crippen LogP contribution in [0.1, 0.15) is 12.5 Å². The smallest absolute Gasteiger partial charge is 0.347 e. The molecule has 0 spiro atoms. The standard InChI is InChI=1S/C21H19N3O3/c1-3-23(15-7-5-4-6-8-15)19(25)13-24-20-16-11-14(2)9-10-18(16)27-21(26)17(20)12-22-24/h4-12H,3,13H2,1-2H3. The van der Waals surface area contributed by atoms with Crippen LogP contribution in [0.5, 0.6) is 0 Å². The van der Waals surface area contributed by atoms with Gasteiger partial charge in [0.15, 0.2) is 0 Å². The Labute approximate surface area is 155 Å². The van der Waals surface area contributed by atoms with E-state index in [9.17, 15) is 9.59 Å². The van der Waals surface area contributed by atoms with E-state index in [2.05, 4.69) is 5.10 Å². The molecule has 0 unspecified atom stereocenters. The zero-order valence-corrected chi connectivity index (χ0v) is 15.2. The number of nitrogens with zero attached hydrogens (tertiary/aromatic N) is 3. The Morgan fingerprint density at radius 2 is 1.93 bits per heavy atom. The highest BCUT2D eigenvalue weighted by molar-refractivity contribution is 6.03. The van der Waals surface area contributed by atoms with Crippen molar-refractivity contribution >= 4 is 33.5 Å². The minimum atomic E-state index is -0.449. The second-order valence-electron chi connectivity index (χ2n) is 6.43. The molecule has 6 nitrogen and oxygen atoms in total. The average molecular weight is 361 g/mol. The first-order valence-corrected chi connectivity index (χ1v) is 8.83. The van der Waals surface area contributed by atoms with Crippen LogP contribution in [0, 0.1) is 6.92 Å². The molecule has 1 amide bonds. The summed E-state index contributed by atoms with van der Waals surface area (Å²) >= 11 is 0. The van der Waals surface area contributed by atoms with Crippen molar-refractivity contribution in [3.63, 3.8) is 0 Å². The molecule has 2 aromatic carbocycles. The Morgan fingerprint density at radius 1 is 1.15 bits per heavy atom. The molecular weight excluding hydrogens is 342 g/mol. The van der Waals surface area contributed by atoms with Crippen LogP contribution in [0.3, 0.4) is 0 Å². The summed E-state index contributed by atoms with van der Waals surface area (Å²) in [6.45, 7) is 4.48. The van der Waals surface area contributed by atoms with Crippen molar-refractivity contribution in [3.8, 4) is 0 Å². The van der Waals surface area contributed by atoms with Gasteiger partial charge in [0.05, 0.1) is 11.7 Å². The zero-order valence-electron chi connectivity index (χ0n) is 15.2. The Kier molecular flexibility index (Phi) is 4.24. The van der Waals surface area contributed by atoms with E-state index in [1.165, 1.54) is 6.20 Å². The Bertz CT molecular complexity index is 1190. The van der Waals surface area contributed by atoms with Crippen molar-refractivity contribution in [2.24, 2.45) is 0 Å². The molecule has 0 aliphatic carbocycles. The number of carbonyl (C=O) groups is 1. The maximum atomic E-state index is 12.9. The number of fused-ring (bicyclic) bond motifs is 3. The summed E-state index contributed by atoms with van der Waals surface area (Å²) in [5, 5.41) is 5.45. The topological polar surface area (TPSA) is 68.3 Å². The predicted octanol–water partition coefficient (Wildman–Crippen LogP) is 3.50. The largest absolute Gasteiger partial charge is 0.422 e. The molecule has 0 fully saturated rings. The summed E-state index contributed by atoms with van der Waals surface area (Å²) in [5.41, 5.74) is 2.54. The predicted molar refractivity (Wildman–Crippen MR) is 105 cm³/mol. The highest BCUT2D eigenvalue weighted by Gasteiger charge is 2.19. The fourth-order valence-electron chi connectivity index (χ4n) is 3.34. The van der Waals surface area contributed by atoms with Crippen molar-refractivity contribution in [2.45, 2.75) is 20.4 Å². The molecule has 4 rings (SSSR count). The van der Waals surface area contributed by atoms with Gasteiger partial charge in [0.2, 0.25) is 5.91 Å². The molecule has 0 aliphatic heterocycles. The van der Waals surface area contributed by atoms with Gasteiger partial charge in [-0.15, -0.1) is 0 Å². The third-order valence-electron chi connectivity index (χ3n) is 4.62. The van der Waals surface area contributed by atoms with Crippen LogP contribution in [0.25, 0.3) is 21.9 Å². The SMILES string of the molecule is CCN(C(=O)Cn1ncc2c(=O)oc3ccc(C)cc3c21)c1ccccc1. The van der Waals surface area contributed by atoms with Gasteiger partial charge in [-0.05, 0) is 38.1 Å². The molecule has 0 saturated heterocycles. The summed E-state index contributed by atoms with van der Waals surface area (Å²) in [6.07, 6.45) is 1.47. The number of hydrogen-bond acceptors (Lipinski definition) is 4. The molecule has 136 valence electrons. The van der Waals surface area contributed by atoms with Crippen LogP contribution >= 0.6 is 0 Å². The molecule has 27 heavy (non-hydrogen) atoms. The molecule has 2 aromatic heterocycles. The van der Waals surface area contributed by atoms with Crippen LogP contribution in [0.2, 0.25) is 0 Å². The minimum absolute atomic E-state index is 0.0404. The number of aryl methyl sites for hydroxylation is 1. The molecule has 0 saturated carbocycles. The zero-order chi connectivity index (χ0) is 19.0. The third-order valence-corrected chi connectivity index (χ3v) is 4.62. The van der Waals surface area contributed by atoms with Gasteiger partial charge >= 0.3 is 5.63 Å². The summed E-state index contributed by atoms with van der Waals surface area (Å²) < 4.78 is 6.97. The lowest BCUT2D eigenvalue weighted by Crippen LogP contribution is -2.33. The number of para-hydroxylation sites is 1. The van der Waals surface area contributed by atoms with Gasteiger partial charge in [-0.25, -0.2) is 4.79 Å². The monoisotopic (exact) mass is 361 g/mol. The summed E-state index contributed by atoms with van der Waals surface area (Å²) in [5.74, 6) is -0.0947. The first-order chi connectivity index (χ1) is 13.1. The molecule has 4 aromatic rings. The number of rotatable bonds is 4. The van der Waals surface area contributed by atoms with Crippen LogP contribution < -0.4 is 10.5 Å². The van der Waals surface area contributed by atoms with Gasteiger partial charge in [0.1, 0.15) is 17.5 Å². The van der Waals surface area contributed by atoms with Crippen molar-refractivity contribution in [1.29, 1.82) is 0 Å². The van der Waals surface area contributed by atoms with Crippen LogP contribution in [-0.2, 0) is 11.3 Å². The average Bonchev–Trinajstić information content (AvgIpc) is 3.08. The maximum absolute atomic E-state index is 12.9. The molecule has 0 atom stereocenters. The molecular formula is C21H19N3O3. The minimum Gasteiger partial charge on any atom is -0.422 e. The Balaban J connectivity index is 1.80. The summed E-state index contributed by atoms with van der Waals surface area (Å²) in [6, 6.07) is 15.1. The number of hydrogen-bond donors (Lipinski definition) is 0. The number of carbonyl (C=O) groups excluding carboxylic acids is 1. The summed E-state index contributed by atoms with van der Waals surface area (Å²) in [7, 11) is 0. The van der Waals surface area contributed by atoms with Crippen LogP contribution in [0.15, 0.2) is 63.9 Å². The van der Waals surface area contributed by atoms with Gasteiger partial charge in [0.25, 0.3) is 0 Å². The molecule has 0 aliphatic rings. The maximum Gasteiger partial charge on any atom is 0.347 e. The number of anilines is 1. The van der Waals surface area contributed by atoms with Crippen LogP contribution in [-0.4, -0.2) is 22.2 Å². The highest BCUT2D eigenvalue weighted by Crippen LogP contribution is 2.24. The first-order valence-electron chi connectivity index (χ1n) is 8.83. The number of likely N-dealkylation sites (N-methyl/N-ethyl adjacent to an activating group) is 1. The van der Waals surface area contributed by atoms with Crippen molar-refractivity contribution in [3.05, 3.63) is 70.7 Å². The van der Waals surface area contributed by atoms with Gasteiger partial charge in [0, 0.05) is 17.6 Å². The van der Waals surface area contributed by atoms with E-state index >= 15 is 0 Å². The second kappa shape index (κ2) is 6.72. The quantitative estimate of drug-likeness (QED) is 0.522. The van der Waals surface area contributed by atoms with Crippen LogP contribution in [0.4, 0.5) is 5.69 Å². The van der Waals surface area contributed by atoms with Crippen molar-refractivity contribution < 1.29 is 9.21 Å². The molecule has 2 heterocycles. The normalized spacial score (nSPS) is 11.2. The lowest BCUT2D eigenvalue weighted by atomic mass is 10.1. The van der Waals surface area contributed by atoms with E-state index in [0.717, 1.165) is 16.6 Å². The van der Waals surface area contributed by atoms with Gasteiger partial charge in [-0.2, -0.15) is 5.10 Å². The van der Waals surface area contributed by atoms with E-state index in [-0.39, 0.29) is 12.5 Å². The van der Waals surface area contributed by atoms with E-state index in [4.69, 9.17) is 4.42 Å². The molecule has 0 bridgehead atoms. The highest BCUT2D eigenvalue weighted by atomic mass is 16.4. The van der Waals surface area contributed by atoms with E-state index in [1.807, 2.05) is 56.3 Å². The lowest BCUT2D eigenvalue weighted by Gasteiger charge is -2.21. The molecule has 6 heteroatoms. The summed E-state index contributed by atoms with van der Waals surface area (Å²) in [4.78, 5) is 26.9. The van der Waals surface area contributed by atoms with E-state index < -0.39 is 5.63 Å². The molecule has 0 radical (unpaired) electrons. The van der Waals surface area contributed by atoms with Crippen molar-refractivity contribution in [1.82, 2.24) is 9.78 Å².